The molecule has 21 heavy (non-hydrogen) atoms. The van der Waals surface area contributed by atoms with E-state index in [4.69, 9.17) is 0 Å². The first kappa shape index (κ1) is 13.9. The summed E-state index contributed by atoms with van der Waals surface area (Å²) in [6.07, 6.45) is -4.36. The Bertz CT molecular complexity index is 796. The Morgan fingerprint density at radius 1 is 1.10 bits per heavy atom. The number of aromatic nitrogens is 2. The molecule has 0 aliphatic rings. The number of alkyl halides is 3. The van der Waals surface area contributed by atoms with Gasteiger partial charge in [-0.05, 0) is 36.4 Å². The van der Waals surface area contributed by atoms with Crippen LogP contribution in [0.5, 0.6) is 0 Å². The van der Waals surface area contributed by atoms with Gasteiger partial charge in [-0.3, -0.25) is 0 Å². The Labute approximate surface area is 126 Å². The van der Waals surface area contributed by atoms with E-state index in [1.807, 2.05) is 18.2 Å². The molecule has 0 radical (unpaired) electrons. The number of hydrogen-bond donors (Lipinski definition) is 2. The molecule has 0 fully saturated rings. The minimum atomic E-state index is -4.36. The van der Waals surface area contributed by atoms with E-state index in [1.165, 1.54) is 6.07 Å². The second-order valence-corrected chi connectivity index (χ2v) is 5.37. The highest BCUT2D eigenvalue weighted by Crippen LogP contribution is 2.31. The van der Waals surface area contributed by atoms with E-state index in [9.17, 15) is 13.2 Å². The molecular formula is C14H9BrF3N3. The van der Waals surface area contributed by atoms with E-state index in [1.54, 1.807) is 6.07 Å². The van der Waals surface area contributed by atoms with Crippen LogP contribution in [0.2, 0.25) is 0 Å². The molecule has 0 aliphatic heterocycles. The topological polar surface area (TPSA) is 40.7 Å². The van der Waals surface area contributed by atoms with Gasteiger partial charge in [-0.15, -0.1) is 0 Å². The van der Waals surface area contributed by atoms with Crippen molar-refractivity contribution >= 4 is 38.6 Å². The van der Waals surface area contributed by atoms with Crippen LogP contribution < -0.4 is 5.32 Å². The van der Waals surface area contributed by atoms with Crippen LogP contribution in [0, 0.1) is 0 Å². The molecule has 0 saturated carbocycles. The van der Waals surface area contributed by atoms with E-state index in [-0.39, 0.29) is 0 Å². The van der Waals surface area contributed by atoms with Crippen molar-refractivity contribution in [1.82, 2.24) is 9.97 Å². The average Bonchev–Trinajstić information content (AvgIpc) is 2.79. The Morgan fingerprint density at radius 3 is 2.67 bits per heavy atom. The first-order valence-electron chi connectivity index (χ1n) is 6.01. The Kier molecular flexibility index (Phi) is 3.36. The molecule has 3 aromatic rings. The highest BCUT2D eigenvalue weighted by atomic mass is 79.9. The second-order valence-electron chi connectivity index (χ2n) is 4.45. The third kappa shape index (κ3) is 3.02. The summed E-state index contributed by atoms with van der Waals surface area (Å²) in [5.74, 6) is 0.391. The predicted molar refractivity (Wildman–Crippen MR) is 78.5 cm³/mol. The molecular weight excluding hydrogens is 347 g/mol. The number of hydrogen-bond acceptors (Lipinski definition) is 2. The third-order valence-electron chi connectivity index (χ3n) is 2.90. The fraction of sp³-hybridized carbons (Fsp3) is 0.0714. The normalized spacial score (nSPS) is 11.8. The summed E-state index contributed by atoms with van der Waals surface area (Å²) in [5, 5.41) is 2.84. The number of H-pyrrole nitrogens is 1. The molecule has 2 aromatic carbocycles. The molecule has 0 unspecified atom stereocenters. The van der Waals surface area contributed by atoms with Crippen molar-refractivity contribution in [3.8, 4) is 0 Å². The van der Waals surface area contributed by atoms with Gasteiger partial charge >= 0.3 is 6.18 Å². The van der Waals surface area contributed by atoms with E-state index < -0.39 is 11.7 Å². The molecule has 0 bridgehead atoms. The van der Waals surface area contributed by atoms with Crippen molar-refractivity contribution in [2.45, 2.75) is 6.18 Å². The largest absolute Gasteiger partial charge is 0.416 e. The molecule has 1 aromatic heterocycles. The molecule has 0 amide bonds. The number of fused-ring (bicyclic) bond motifs is 1. The molecule has 0 saturated heterocycles. The van der Waals surface area contributed by atoms with E-state index in [2.05, 4.69) is 31.2 Å². The van der Waals surface area contributed by atoms with Gasteiger partial charge in [-0.2, -0.15) is 13.2 Å². The highest BCUT2D eigenvalue weighted by Gasteiger charge is 2.30. The number of nitrogens with one attached hydrogen (secondary N) is 2. The maximum atomic E-state index is 12.7. The molecule has 108 valence electrons. The Hall–Kier alpha value is -2.02. The fourth-order valence-electron chi connectivity index (χ4n) is 1.95. The summed E-state index contributed by atoms with van der Waals surface area (Å²) in [6, 6.07) is 10.5. The predicted octanol–water partition coefficient (Wildman–Crippen LogP) is 5.09. The number of imidazole rings is 1. The number of halogens is 4. The Morgan fingerprint density at radius 2 is 1.90 bits per heavy atom. The number of anilines is 2. The lowest BCUT2D eigenvalue weighted by Crippen LogP contribution is -2.05. The first-order chi connectivity index (χ1) is 9.91. The number of rotatable bonds is 2. The van der Waals surface area contributed by atoms with Crippen LogP contribution in [0.3, 0.4) is 0 Å². The second kappa shape index (κ2) is 5.07. The van der Waals surface area contributed by atoms with Gasteiger partial charge in [-0.1, -0.05) is 22.0 Å². The standard InChI is InChI=1S/C14H9BrF3N3/c15-9-4-5-11-12(7-9)21-13(20-11)19-10-3-1-2-8(6-10)14(16,17)18/h1-7H,(H2,19,20,21). The van der Waals surface area contributed by atoms with Crippen molar-refractivity contribution in [2.24, 2.45) is 0 Å². The molecule has 2 N–H and O–H groups in total. The van der Waals surface area contributed by atoms with Crippen LogP contribution in [0.1, 0.15) is 5.56 Å². The van der Waals surface area contributed by atoms with Crippen molar-refractivity contribution in [1.29, 1.82) is 0 Å². The van der Waals surface area contributed by atoms with Crippen LogP contribution in [0.15, 0.2) is 46.9 Å². The van der Waals surface area contributed by atoms with Crippen LogP contribution in [0.25, 0.3) is 11.0 Å². The lowest BCUT2D eigenvalue weighted by molar-refractivity contribution is -0.137. The number of nitrogens with zero attached hydrogens (tertiary/aromatic N) is 1. The fourth-order valence-corrected chi connectivity index (χ4v) is 2.31. The molecule has 3 nitrogen and oxygen atoms in total. The monoisotopic (exact) mass is 355 g/mol. The summed E-state index contributed by atoms with van der Waals surface area (Å²) in [7, 11) is 0. The zero-order valence-electron chi connectivity index (χ0n) is 10.5. The quantitative estimate of drug-likeness (QED) is 0.672. The maximum Gasteiger partial charge on any atom is 0.416 e. The minimum Gasteiger partial charge on any atom is -0.326 e. The maximum absolute atomic E-state index is 12.7. The Balaban J connectivity index is 1.91. The van der Waals surface area contributed by atoms with Crippen LogP contribution in [-0.2, 0) is 6.18 Å². The molecule has 0 aliphatic carbocycles. The van der Waals surface area contributed by atoms with Gasteiger partial charge < -0.3 is 10.3 Å². The van der Waals surface area contributed by atoms with E-state index in [0.29, 0.717) is 11.6 Å². The van der Waals surface area contributed by atoms with Gasteiger partial charge in [0.05, 0.1) is 16.6 Å². The molecule has 0 atom stereocenters. The number of aromatic amines is 1. The van der Waals surface area contributed by atoms with Crippen molar-refractivity contribution < 1.29 is 13.2 Å². The summed E-state index contributed by atoms with van der Waals surface area (Å²) in [6.45, 7) is 0. The number of benzene rings is 2. The van der Waals surface area contributed by atoms with Gasteiger partial charge in [-0.25, -0.2) is 4.98 Å². The lowest BCUT2D eigenvalue weighted by Gasteiger charge is -2.08. The van der Waals surface area contributed by atoms with Crippen molar-refractivity contribution in [3.63, 3.8) is 0 Å². The highest BCUT2D eigenvalue weighted by molar-refractivity contribution is 9.10. The molecule has 7 heteroatoms. The van der Waals surface area contributed by atoms with Crippen LogP contribution in [0.4, 0.5) is 24.8 Å². The summed E-state index contributed by atoms with van der Waals surface area (Å²) in [5.41, 5.74) is 1.14. The average molecular weight is 356 g/mol. The van der Waals surface area contributed by atoms with Gasteiger partial charge in [0.1, 0.15) is 0 Å². The summed E-state index contributed by atoms with van der Waals surface area (Å²) in [4.78, 5) is 7.28. The third-order valence-corrected chi connectivity index (χ3v) is 3.39. The van der Waals surface area contributed by atoms with Gasteiger partial charge in [0, 0.05) is 10.2 Å². The lowest BCUT2D eigenvalue weighted by atomic mass is 10.2. The van der Waals surface area contributed by atoms with Gasteiger partial charge in [0.2, 0.25) is 5.95 Å². The molecule has 3 rings (SSSR count). The molecule has 0 spiro atoms. The minimum absolute atomic E-state index is 0.322. The van der Waals surface area contributed by atoms with Gasteiger partial charge in [0.25, 0.3) is 0 Å². The van der Waals surface area contributed by atoms with Crippen molar-refractivity contribution in [3.05, 3.63) is 52.5 Å². The van der Waals surface area contributed by atoms with E-state index in [0.717, 1.165) is 27.6 Å². The van der Waals surface area contributed by atoms with Crippen LogP contribution in [-0.4, -0.2) is 9.97 Å². The summed E-state index contributed by atoms with van der Waals surface area (Å²) >= 11 is 3.35. The molecule has 1 heterocycles. The van der Waals surface area contributed by atoms with Crippen LogP contribution >= 0.6 is 15.9 Å². The SMILES string of the molecule is FC(F)(F)c1cccc(Nc2nc3ccc(Br)cc3[nH]2)c1. The van der Waals surface area contributed by atoms with E-state index >= 15 is 0 Å². The van der Waals surface area contributed by atoms with Gasteiger partial charge in [0.15, 0.2) is 0 Å². The summed E-state index contributed by atoms with van der Waals surface area (Å²) < 4.78 is 38.9. The zero-order valence-corrected chi connectivity index (χ0v) is 12.1. The zero-order chi connectivity index (χ0) is 15.0. The first-order valence-corrected chi connectivity index (χ1v) is 6.81. The smallest absolute Gasteiger partial charge is 0.326 e. The van der Waals surface area contributed by atoms with Crippen molar-refractivity contribution in [2.75, 3.05) is 5.32 Å².